The Balaban J connectivity index is 2.39. The molecule has 1 rings (SSSR count). The molecule has 104 valence electrons. The van der Waals surface area contributed by atoms with Crippen LogP contribution in [0.3, 0.4) is 0 Å². The largest absolute Gasteiger partial charge is 0.466 e. The third-order valence-electron chi connectivity index (χ3n) is 3.90. The van der Waals surface area contributed by atoms with Gasteiger partial charge in [0.2, 0.25) is 0 Å². The van der Waals surface area contributed by atoms with Crippen LogP contribution in [-0.4, -0.2) is 12.6 Å². The first-order valence-electron chi connectivity index (χ1n) is 7.36. The summed E-state index contributed by atoms with van der Waals surface area (Å²) >= 11 is 0. The SMILES string of the molecule is CCOC(=O)C(C)C/C(C)=C/C1CCC(C)CC1. The highest BCUT2D eigenvalue weighted by molar-refractivity contribution is 5.72. The van der Waals surface area contributed by atoms with Crippen molar-refractivity contribution in [2.24, 2.45) is 17.8 Å². The van der Waals surface area contributed by atoms with E-state index in [-0.39, 0.29) is 11.9 Å². The first kappa shape index (κ1) is 15.3. The van der Waals surface area contributed by atoms with E-state index in [1.54, 1.807) is 0 Å². The lowest BCUT2D eigenvalue weighted by Crippen LogP contribution is -2.15. The monoisotopic (exact) mass is 252 g/mol. The summed E-state index contributed by atoms with van der Waals surface area (Å²) in [5.41, 5.74) is 1.34. The number of esters is 1. The summed E-state index contributed by atoms with van der Waals surface area (Å²) in [5.74, 6) is 1.55. The van der Waals surface area contributed by atoms with Gasteiger partial charge in [-0.05, 0) is 44.9 Å². The van der Waals surface area contributed by atoms with Crippen molar-refractivity contribution in [1.82, 2.24) is 0 Å². The molecule has 2 nitrogen and oxygen atoms in total. The van der Waals surface area contributed by atoms with Gasteiger partial charge in [-0.2, -0.15) is 0 Å². The van der Waals surface area contributed by atoms with Gasteiger partial charge in [0.25, 0.3) is 0 Å². The number of hydrogen-bond acceptors (Lipinski definition) is 2. The average Bonchev–Trinajstić information content (AvgIpc) is 2.32. The molecule has 0 heterocycles. The zero-order valence-corrected chi connectivity index (χ0v) is 12.4. The summed E-state index contributed by atoms with van der Waals surface area (Å²) in [5, 5.41) is 0. The summed E-state index contributed by atoms with van der Waals surface area (Å²) in [7, 11) is 0. The van der Waals surface area contributed by atoms with Gasteiger partial charge in [-0.1, -0.05) is 38.3 Å². The van der Waals surface area contributed by atoms with Crippen LogP contribution in [0.25, 0.3) is 0 Å². The van der Waals surface area contributed by atoms with Crippen LogP contribution >= 0.6 is 0 Å². The quantitative estimate of drug-likeness (QED) is 0.537. The second-order valence-electron chi connectivity index (χ2n) is 5.89. The Morgan fingerprint density at radius 1 is 1.33 bits per heavy atom. The molecule has 1 unspecified atom stereocenters. The van der Waals surface area contributed by atoms with E-state index in [0.717, 1.165) is 18.3 Å². The molecule has 1 atom stereocenters. The van der Waals surface area contributed by atoms with E-state index < -0.39 is 0 Å². The molecule has 0 spiro atoms. The van der Waals surface area contributed by atoms with Gasteiger partial charge in [-0.15, -0.1) is 0 Å². The lowest BCUT2D eigenvalue weighted by molar-refractivity contribution is -0.147. The van der Waals surface area contributed by atoms with Gasteiger partial charge in [0, 0.05) is 0 Å². The van der Waals surface area contributed by atoms with Gasteiger partial charge in [-0.25, -0.2) is 0 Å². The van der Waals surface area contributed by atoms with Crippen molar-refractivity contribution < 1.29 is 9.53 Å². The molecular weight excluding hydrogens is 224 g/mol. The fourth-order valence-corrected chi connectivity index (χ4v) is 2.77. The minimum absolute atomic E-state index is 0.0104. The maximum Gasteiger partial charge on any atom is 0.308 e. The first-order valence-corrected chi connectivity index (χ1v) is 7.36. The van der Waals surface area contributed by atoms with Gasteiger partial charge in [0.05, 0.1) is 12.5 Å². The topological polar surface area (TPSA) is 26.3 Å². The smallest absolute Gasteiger partial charge is 0.308 e. The van der Waals surface area contributed by atoms with E-state index in [2.05, 4.69) is 19.9 Å². The Kier molecular flexibility index (Phi) is 6.45. The minimum atomic E-state index is -0.0671. The Hall–Kier alpha value is -0.790. The van der Waals surface area contributed by atoms with Gasteiger partial charge < -0.3 is 4.74 Å². The highest BCUT2D eigenvalue weighted by Crippen LogP contribution is 2.30. The molecule has 0 aliphatic heterocycles. The van der Waals surface area contributed by atoms with Crippen LogP contribution in [0.2, 0.25) is 0 Å². The number of allylic oxidation sites excluding steroid dienone is 2. The van der Waals surface area contributed by atoms with Crippen molar-refractivity contribution in [2.75, 3.05) is 6.61 Å². The molecule has 2 heteroatoms. The number of rotatable bonds is 5. The fourth-order valence-electron chi connectivity index (χ4n) is 2.77. The van der Waals surface area contributed by atoms with Gasteiger partial charge in [0.15, 0.2) is 0 Å². The first-order chi connectivity index (χ1) is 8.52. The lowest BCUT2D eigenvalue weighted by atomic mass is 9.82. The van der Waals surface area contributed by atoms with Gasteiger partial charge in [0.1, 0.15) is 0 Å². The normalized spacial score (nSPS) is 26.8. The summed E-state index contributed by atoms with van der Waals surface area (Å²) < 4.78 is 5.04. The number of carbonyl (C=O) groups excluding carboxylic acids is 1. The predicted molar refractivity (Wildman–Crippen MR) is 75.3 cm³/mol. The Bertz CT molecular complexity index is 285. The predicted octanol–water partition coefficient (Wildman–Crippen LogP) is 4.35. The van der Waals surface area contributed by atoms with Crippen molar-refractivity contribution in [3.63, 3.8) is 0 Å². The maximum absolute atomic E-state index is 11.6. The van der Waals surface area contributed by atoms with Crippen molar-refractivity contribution in [3.8, 4) is 0 Å². The number of hydrogen-bond donors (Lipinski definition) is 0. The summed E-state index contributed by atoms with van der Waals surface area (Å²) in [4.78, 5) is 11.6. The second-order valence-corrected chi connectivity index (χ2v) is 5.89. The molecule has 1 fully saturated rings. The molecule has 1 saturated carbocycles. The molecule has 0 N–H and O–H groups in total. The molecule has 1 aliphatic rings. The van der Waals surface area contributed by atoms with Crippen LogP contribution in [0.1, 0.15) is 59.8 Å². The zero-order chi connectivity index (χ0) is 13.5. The van der Waals surface area contributed by atoms with E-state index in [0.29, 0.717) is 6.61 Å². The van der Waals surface area contributed by atoms with Crippen molar-refractivity contribution >= 4 is 5.97 Å². The molecule has 0 aromatic heterocycles. The molecular formula is C16H28O2. The van der Waals surface area contributed by atoms with Crippen molar-refractivity contribution in [1.29, 1.82) is 0 Å². The van der Waals surface area contributed by atoms with Crippen LogP contribution in [-0.2, 0) is 9.53 Å². The van der Waals surface area contributed by atoms with Crippen LogP contribution in [0.5, 0.6) is 0 Å². The summed E-state index contributed by atoms with van der Waals surface area (Å²) in [6.07, 6.45) is 8.55. The van der Waals surface area contributed by atoms with Crippen molar-refractivity contribution in [2.45, 2.75) is 59.8 Å². The van der Waals surface area contributed by atoms with E-state index in [1.165, 1.54) is 31.3 Å². The minimum Gasteiger partial charge on any atom is -0.466 e. The summed E-state index contributed by atoms with van der Waals surface area (Å²) in [6.45, 7) is 8.78. The zero-order valence-electron chi connectivity index (χ0n) is 12.4. The standard InChI is InChI=1S/C16H28O2/c1-5-18-16(17)14(4)10-13(3)11-15-8-6-12(2)7-9-15/h11-12,14-15H,5-10H2,1-4H3/b13-11+. The highest BCUT2D eigenvalue weighted by Gasteiger charge is 2.18. The lowest BCUT2D eigenvalue weighted by Gasteiger charge is -2.24. The summed E-state index contributed by atoms with van der Waals surface area (Å²) in [6, 6.07) is 0. The molecule has 0 aromatic rings. The van der Waals surface area contributed by atoms with E-state index in [4.69, 9.17) is 4.74 Å². The molecule has 18 heavy (non-hydrogen) atoms. The highest BCUT2D eigenvalue weighted by atomic mass is 16.5. The molecule has 0 amide bonds. The van der Waals surface area contributed by atoms with E-state index in [1.807, 2.05) is 13.8 Å². The number of ether oxygens (including phenoxy) is 1. The molecule has 1 aliphatic carbocycles. The molecule has 0 saturated heterocycles. The van der Waals surface area contributed by atoms with Crippen molar-refractivity contribution in [3.05, 3.63) is 11.6 Å². The van der Waals surface area contributed by atoms with Gasteiger partial charge >= 0.3 is 5.97 Å². The van der Waals surface area contributed by atoms with Crippen LogP contribution < -0.4 is 0 Å². The van der Waals surface area contributed by atoms with Gasteiger partial charge in [-0.3, -0.25) is 4.79 Å². The second kappa shape index (κ2) is 7.60. The Labute approximate surface area is 112 Å². The molecule has 0 radical (unpaired) electrons. The van der Waals surface area contributed by atoms with Crippen LogP contribution in [0, 0.1) is 17.8 Å². The molecule has 0 aromatic carbocycles. The van der Waals surface area contributed by atoms with E-state index >= 15 is 0 Å². The third-order valence-corrected chi connectivity index (χ3v) is 3.90. The molecule has 0 bridgehead atoms. The van der Waals surface area contributed by atoms with Crippen LogP contribution in [0.4, 0.5) is 0 Å². The number of carbonyl (C=O) groups is 1. The Morgan fingerprint density at radius 3 is 2.50 bits per heavy atom. The Morgan fingerprint density at radius 2 is 1.94 bits per heavy atom. The average molecular weight is 252 g/mol. The van der Waals surface area contributed by atoms with E-state index in [9.17, 15) is 4.79 Å². The maximum atomic E-state index is 11.6. The van der Waals surface area contributed by atoms with Crippen LogP contribution in [0.15, 0.2) is 11.6 Å². The fraction of sp³-hybridized carbons (Fsp3) is 0.812. The third kappa shape index (κ3) is 5.24.